The van der Waals surface area contributed by atoms with E-state index in [4.69, 9.17) is 29.2 Å². The van der Waals surface area contributed by atoms with Gasteiger partial charge in [-0.05, 0) is 141 Å². The largest absolute Gasteiger partial charge is 0.508 e. The summed E-state index contributed by atoms with van der Waals surface area (Å²) in [5.74, 6) is 2.08. The summed E-state index contributed by atoms with van der Waals surface area (Å²) >= 11 is 0. The van der Waals surface area contributed by atoms with Gasteiger partial charge in [-0.15, -0.1) is 0 Å². The maximum absolute atomic E-state index is 11.8. The van der Waals surface area contributed by atoms with E-state index in [1.807, 2.05) is 69.3 Å². The van der Waals surface area contributed by atoms with E-state index in [0.29, 0.717) is 41.6 Å². The summed E-state index contributed by atoms with van der Waals surface area (Å²) in [6.07, 6.45) is 0. The SMILES string of the molecule is CCOc1ccc(-c2ccc(O)cc2)cc1.CCOc1ccc(C(=O)Oc2ccc(O)cc2)cc1.Cc1ccc(C(=O)Oc2ccc(O)cc2)cc1.[Ru].[Ru].[Ru]. The van der Waals surface area contributed by atoms with Crippen LogP contribution in [0.2, 0.25) is 0 Å². The van der Waals surface area contributed by atoms with Crippen LogP contribution >= 0.6 is 0 Å². The molecule has 0 aliphatic carbocycles. The summed E-state index contributed by atoms with van der Waals surface area (Å²) in [5, 5.41) is 27.4. The number of rotatable bonds is 9. The Morgan fingerprint density at radius 1 is 0.418 bits per heavy atom. The number of hydrogen-bond acceptors (Lipinski definition) is 9. The number of phenols is 3. The van der Waals surface area contributed by atoms with E-state index in [-0.39, 0.29) is 75.7 Å². The van der Waals surface area contributed by atoms with E-state index in [1.165, 1.54) is 36.4 Å². The molecular formula is C43H40O9Ru3. The molecule has 0 bridgehead atoms. The number of aryl methyl sites for hydroxylation is 1. The Kier molecular flexibility index (Phi) is 22.1. The van der Waals surface area contributed by atoms with Crippen molar-refractivity contribution < 1.29 is 102 Å². The van der Waals surface area contributed by atoms with Gasteiger partial charge in [0.2, 0.25) is 0 Å². The Hall–Kier alpha value is -4.87. The van der Waals surface area contributed by atoms with Crippen molar-refractivity contribution in [1.82, 2.24) is 0 Å². The van der Waals surface area contributed by atoms with Crippen molar-refractivity contribution in [3.05, 3.63) is 162 Å². The predicted octanol–water partition coefficient (Wildman–Crippen LogP) is 9.38. The van der Waals surface area contributed by atoms with Crippen LogP contribution in [0.4, 0.5) is 0 Å². The minimum Gasteiger partial charge on any atom is -0.508 e. The normalized spacial score (nSPS) is 9.44. The summed E-state index contributed by atoms with van der Waals surface area (Å²) in [7, 11) is 0. The number of phenolic OH excluding ortho intramolecular Hbond substituents is 3. The molecule has 0 saturated heterocycles. The fourth-order valence-electron chi connectivity index (χ4n) is 4.47. The molecule has 6 aromatic rings. The second kappa shape index (κ2) is 25.3. The third-order valence-electron chi connectivity index (χ3n) is 7.15. The Labute approximate surface area is 359 Å². The number of carbonyl (C=O) groups is 2. The maximum atomic E-state index is 11.8. The van der Waals surface area contributed by atoms with Gasteiger partial charge in [0.1, 0.15) is 40.2 Å². The van der Waals surface area contributed by atoms with E-state index in [0.717, 1.165) is 22.4 Å². The van der Waals surface area contributed by atoms with Crippen LogP contribution in [0.5, 0.6) is 40.2 Å². The molecule has 290 valence electrons. The van der Waals surface area contributed by atoms with Gasteiger partial charge >= 0.3 is 11.9 Å². The minimum absolute atomic E-state index is 0. The van der Waals surface area contributed by atoms with Crippen molar-refractivity contribution in [3.63, 3.8) is 0 Å². The minimum atomic E-state index is -0.450. The average molecular weight is 1000 g/mol. The van der Waals surface area contributed by atoms with E-state index in [2.05, 4.69) is 0 Å². The van der Waals surface area contributed by atoms with Gasteiger partial charge in [0, 0.05) is 58.4 Å². The van der Waals surface area contributed by atoms with E-state index < -0.39 is 11.9 Å². The van der Waals surface area contributed by atoms with Gasteiger partial charge in [-0.2, -0.15) is 0 Å². The topological polar surface area (TPSA) is 132 Å². The molecule has 0 aliphatic rings. The van der Waals surface area contributed by atoms with Crippen molar-refractivity contribution in [2.75, 3.05) is 13.2 Å². The second-order valence-corrected chi connectivity index (χ2v) is 11.1. The number of aromatic hydroxyl groups is 3. The van der Waals surface area contributed by atoms with Crippen LogP contribution < -0.4 is 18.9 Å². The van der Waals surface area contributed by atoms with Crippen LogP contribution in [0.3, 0.4) is 0 Å². The molecule has 55 heavy (non-hydrogen) atoms. The van der Waals surface area contributed by atoms with Gasteiger partial charge in [-0.3, -0.25) is 0 Å². The van der Waals surface area contributed by atoms with Crippen molar-refractivity contribution in [1.29, 1.82) is 0 Å². The first-order chi connectivity index (χ1) is 25.1. The van der Waals surface area contributed by atoms with Gasteiger partial charge in [0.15, 0.2) is 0 Å². The zero-order valence-corrected chi connectivity index (χ0v) is 35.3. The zero-order chi connectivity index (χ0) is 37.3. The van der Waals surface area contributed by atoms with Crippen LogP contribution in [0.25, 0.3) is 11.1 Å². The van der Waals surface area contributed by atoms with Gasteiger partial charge in [0.25, 0.3) is 0 Å². The summed E-state index contributed by atoms with van der Waals surface area (Å²) in [6, 6.07) is 41.0. The summed E-state index contributed by atoms with van der Waals surface area (Å²) in [4.78, 5) is 23.6. The Balaban J connectivity index is 0.000000403. The number of carbonyl (C=O) groups excluding carboxylic acids is 2. The van der Waals surface area contributed by atoms with Gasteiger partial charge in [0.05, 0.1) is 24.3 Å². The number of esters is 2. The van der Waals surface area contributed by atoms with Crippen LogP contribution in [0.15, 0.2) is 146 Å². The van der Waals surface area contributed by atoms with E-state index in [1.54, 1.807) is 60.7 Å². The first-order valence-corrected chi connectivity index (χ1v) is 16.5. The smallest absolute Gasteiger partial charge is 0.343 e. The molecule has 0 aromatic heterocycles. The van der Waals surface area contributed by atoms with Crippen molar-refractivity contribution >= 4 is 11.9 Å². The fourth-order valence-corrected chi connectivity index (χ4v) is 4.47. The molecule has 9 nitrogen and oxygen atoms in total. The molecule has 0 aliphatic heterocycles. The molecule has 0 amide bonds. The number of benzene rings is 6. The third-order valence-corrected chi connectivity index (χ3v) is 7.15. The number of hydrogen-bond donors (Lipinski definition) is 3. The van der Waals surface area contributed by atoms with E-state index in [9.17, 15) is 14.7 Å². The standard InChI is InChI=1S/C15H14O4.C14H12O3.C14H14O2.3Ru/c1-2-18-13-7-3-11(4-8-13)15(17)19-14-9-5-12(16)6-10-14;1-10-2-4-11(5-3-10)14(16)17-13-8-6-12(15)7-9-13;1-2-16-14-9-5-12(6-10-14)11-3-7-13(15)8-4-11;;;/h3-10,16H,2H2,1H3;2-9,15H,1H3;3-10,15H,2H2,1H3;;;. The summed E-state index contributed by atoms with van der Waals surface area (Å²) < 4.78 is 21.0. The molecule has 0 radical (unpaired) electrons. The molecule has 12 heteroatoms. The first kappa shape index (κ1) is 48.2. The molecule has 0 saturated carbocycles. The van der Waals surface area contributed by atoms with Gasteiger partial charge < -0.3 is 34.3 Å². The second-order valence-electron chi connectivity index (χ2n) is 11.1. The van der Waals surface area contributed by atoms with Crippen molar-refractivity contribution in [2.45, 2.75) is 20.8 Å². The average Bonchev–Trinajstić information content (AvgIpc) is 3.15. The van der Waals surface area contributed by atoms with Gasteiger partial charge in [-0.1, -0.05) is 42.0 Å². The van der Waals surface area contributed by atoms with E-state index >= 15 is 0 Å². The molecule has 3 N–H and O–H groups in total. The Morgan fingerprint density at radius 2 is 0.691 bits per heavy atom. The quantitative estimate of drug-likeness (QED) is 0.0737. The molecule has 0 atom stereocenters. The maximum Gasteiger partial charge on any atom is 0.343 e. The first-order valence-electron chi connectivity index (χ1n) is 16.5. The fraction of sp³-hybridized carbons (Fsp3) is 0.116. The molecule has 6 aromatic carbocycles. The molecular weight excluding hydrogens is 964 g/mol. The van der Waals surface area contributed by atoms with Crippen LogP contribution in [-0.2, 0) is 58.4 Å². The van der Waals surface area contributed by atoms with Crippen molar-refractivity contribution in [3.8, 4) is 51.4 Å². The molecule has 6 rings (SSSR count). The van der Waals surface area contributed by atoms with Crippen LogP contribution in [0.1, 0.15) is 40.1 Å². The van der Waals surface area contributed by atoms with Gasteiger partial charge in [-0.25, -0.2) is 9.59 Å². The molecule has 0 unspecified atom stereocenters. The third kappa shape index (κ3) is 16.6. The predicted molar refractivity (Wildman–Crippen MR) is 200 cm³/mol. The molecule has 0 fully saturated rings. The monoisotopic (exact) mass is 1010 g/mol. The molecule has 0 heterocycles. The Bertz CT molecular complexity index is 1990. The Morgan fingerprint density at radius 3 is 1.04 bits per heavy atom. The zero-order valence-electron chi connectivity index (χ0n) is 30.1. The van der Waals surface area contributed by atoms with Crippen LogP contribution in [0, 0.1) is 6.92 Å². The number of ether oxygens (including phenoxy) is 4. The van der Waals surface area contributed by atoms with Crippen molar-refractivity contribution in [2.24, 2.45) is 0 Å². The summed E-state index contributed by atoms with van der Waals surface area (Å²) in [6.45, 7) is 7.08. The van der Waals surface area contributed by atoms with Crippen LogP contribution in [-0.4, -0.2) is 40.5 Å². The summed E-state index contributed by atoms with van der Waals surface area (Å²) in [5.41, 5.74) is 4.23. The molecule has 0 spiro atoms.